The summed E-state index contributed by atoms with van der Waals surface area (Å²) in [6.45, 7) is 2.73. The van der Waals surface area contributed by atoms with Crippen molar-refractivity contribution >= 4 is 17.4 Å². The van der Waals surface area contributed by atoms with Crippen LogP contribution in [0.2, 0.25) is 0 Å². The highest BCUT2D eigenvalue weighted by Gasteiger charge is 2.46. The van der Waals surface area contributed by atoms with Crippen LogP contribution in [0.3, 0.4) is 0 Å². The summed E-state index contributed by atoms with van der Waals surface area (Å²) in [4.78, 5) is 27.5. The highest BCUT2D eigenvalue weighted by Crippen LogP contribution is 2.41. The van der Waals surface area contributed by atoms with Gasteiger partial charge in [-0.2, -0.15) is 0 Å². The highest BCUT2D eigenvalue weighted by molar-refractivity contribution is 6.46. The molecule has 36 heavy (non-hydrogen) atoms. The van der Waals surface area contributed by atoms with Crippen molar-refractivity contribution in [2.24, 2.45) is 0 Å². The summed E-state index contributed by atoms with van der Waals surface area (Å²) in [5.41, 5.74) is 0.523. The third kappa shape index (κ3) is 5.12. The zero-order valence-electron chi connectivity index (χ0n) is 20.2. The molecular weight excluding hydrogens is 465 g/mol. The Morgan fingerprint density at radius 3 is 2.53 bits per heavy atom. The Hall–Kier alpha value is -4.07. The molecule has 1 N–H and O–H groups in total. The van der Waals surface area contributed by atoms with Crippen LogP contribution in [0.1, 0.15) is 49.1 Å². The normalized spacial score (nSPS) is 17.0. The summed E-state index contributed by atoms with van der Waals surface area (Å²) < 4.78 is 30.5. The fourth-order valence-corrected chi connectivity index (χ4v) is 4.22. The lowest BCUT2D eigenvalue weighted by Gasteiger charge is -2.24. The number of halogens is 1. The third-order valence-electron chi connectivity index (χ3n) is 6.08. The molecule has 1 fully saturated rings. The first-order chi connectivity index (χ1) is 17.4. The minimum atomic E-state index is -0.908. The number of aliphatic hydroxyl groups excluding tert-OH is 1. The van der Waals surface area contributed by atoms with Gasteiger partial charge in [0.15, 0.2) is 11.6 Å². The molecule has 1 aliphatic heterocycles. The van der Waals surface area contributed by atoms with Crippen molar-refractivity contribution in [3.8, 4) is 11.5 Å². The molecular formula is C28H28FNO6. The number of carbonyl (C=O) groups is 2. The minimum absolute atomic E-state index is 0.00380. The number of unbranched alkanes of at least 4 members (excludes halogenated alkanes) is 2. The van der Waals surface area contributed by atoms with E-state index in [0.29, 0.717) is 23.7 Å². The number of Topliss-reactive ketones (excluding diaryl/α,β-unsaturated/α-hetero) is 1. The average molecular weight is 494 g/mol. The molecule has 1 aliphatic rings. The molecule has 1 saturated heterocycles. The fraction of sp³-hybridized carbons (Fsp3) is 0.286. The molecule has 7 nitrogen and oxygen atoms in total. The summed E-state index contributed by atoms with van der Waals surface area (Å²) in [7, 11) is 1.33. The number of carbonyl (C=O) groups excluding carboxylic acids is 2. The van der Waals surface area contributed by atoms with Crippen LogP contribution in [0.5, 0.6) is 11.5 Å². The second kappa shape index (κ2) is 11.1. The Labute approximate surface area is 208 Å². The van der Waals surface area contributed by atoms with Gasteiger partial charge in [-0.1, -0.05) is 31.9 Å². The van der Waals surface area contributed by atoms with Crippen LogP contribution in [0.4, 0.5) is 4.39 Å². The molecule has 0 unspecified atom stereocenters. The van der Waals surface area contributed by atoms with Gasteiger partial charge in [0.25, 0.3) is 11.7 Å². The van der Waals surface area contributed by atoms with Gasteiger partial charge in [-0.3, -0.25) is 9.59 Å². The molecule has 2 heterocycles. The molecule has 0 saturated carbocycles. The molecule has 3 aromatic rings. The second-order valence-electron chi connectivity index (χ2n) is 8.48. The van der Waals surface area contributed by atoms with Crippen molar-refractivity contribution < 1.29 is 33.0 Å². The van der Waals surface area contributed by atoms with Crippen molar-refractivity contribution in [3.63, 3.8) is 0 Å². The first kappa shape index (κ1) is 25.0. The van der Waals surface area contributed by atoms with E-state index in [1.807, 2.05) is 0 Å². The molecule has 0 radical (unpaired) electrons. The number of ether oxygens (including phenoxy) is 2. The van der Waals surface area contributed by atoms with E-state index in [0.717, 1.165) is 25.3 Å². The van der Waals surface area contributed by atoms with E-state index in [1.165, 1.54) is 30.4 Å². The lowest BCUT2D eigenvalue weighted by atomic mass is 9.95. The molecule has 1 atom stereocenters. The number of amides is 1. The van der Waals surface area contributed by atoms with Crippen molar-refractivity contribution in [1.82, 2.24) is 4.90 Å². The SMILES string of the molecule is CCCCCOc1ccc([C@H]2C(=C(O)c3ccc(OC)c(F)c3)C(=O)C(=O)N2Cc2ccco2)cc1. The maximum atomic E-state index is 14.4. The number of aliphatic hydroxyl groups is 1. The summed E-state index contributed by atoms with van der Waals surface area (Å²) >= 11 is 0. The Kier molecular flexibility index (Phi) is 7.73. The fourth-order valence-electron chi connectivity index (χ4n) is 4.22. The monoisotopic (exact) mass is 493 g/mol. The largest absolute Gasteiger partial charge is 0.507 e. The van der Waals surface area contributed by atoms with Gasteiger partial charge in [0, 0.05) is 5.56 Å². The van der Waals surface area contributed by atoms with Crippen molar-refractivity contribution in [3.05, 3.63) is 89.1 Å². The van der Waals surface area contributed by atoms with Crippen molar-refractivity contribution in [2.75, 3.05) is 13.7 Å². The van der Waals surface area contributed by atoms with E-state index in [9.17, 15) is 19.1 Å². The minimum Gasteiger partial charge on any atom is -0.507 e. The number of likely N-dealkylation sites (tertiary alicyclic amines) is 1. The first-order valence-electron chi connectivity index (χ1n) is 11.8. The number of nitrogens with zero attached hydrogens (tertiary/aromatic N) is 1. The number of ketones is 1. The second-order valence-corrected chi connectivity index (χ2v) is 8.48. The number of methoxy groups -OCH3 is 1. The van der Waals surface area contributed by atoms with Crippen LogP contribution in [0.15, 0.2) is 70.9 Å². The Morgan fingerprint density at radius 1 is 1.11 bits per heavy atom. The lowest BCUT2D eigenvalue weighted by Crippen LogP contribution is -2.29. The Morgan fingerprint density at radius 2 is 1.89 bits per heavy atom. The first-order valence-corrected chi connectivity index (χ1v) is 11.8. The number of rotatable bonds is 10. The van der Waals surface area contributed by atoms with Crippen LogP contribution in [0, 0.1) is 5.82 Å². The molecule has 2 aromatic carbocycles. The smallest absolute Gasteiger partial charge is 0.296 e. The topological polar surface area (TPSA) is 89.2 Å². The molecule has 0 bridgehead atoms. The van der Waals surface area contributed by atoms with Crippen molar-refractivity contribution in [2.45, 2.75) is 38.8 Å². The summed E-state index contributed by atoms with van der Waals surface area (Å²) in [6, 6.07) is 13.4. The van der Waals surface area contributed by atoms with E-state index in [-0.39, 0.29) is 23.4 Å². The zero-order chi connectivity index (χ0) is 25.7. The number of benzene rings is 2. The van der Waals surface area contributed by atoms with Gasteiger partial charge in [0.1, 0.15) is 17.3 Å². The number of hydrogen-bond acceptors (Lipinski definition) is 6. The standard InChI is InChI=1S/C28H28FNO6/c1-3-4-5-14-35-20-11-8-18(9-12-20)25-24(26(31)19-10-13-23(34-2)22(29)16-19)27(32)28(33)30(25)17-21-7-6-15-36-21/h6-13,15-16,25,31H,3-5,14,17H2,1-2H3/t25-/m0/s1. The van der Waals surface area contributed by atoms with Gasteiger partial charge in [-0.25, -0.2) is 4.39 Å². The van der Waals surface area contributed by atoms with Gasteiger partial charge in [-0.05, 0) is 54.4 Å². The van der Waals surface area contributed by atoms with Gasteiger partial charge in [-0.15, -0.1) is 0 Å². The molecule has 0 aliphatic carbocycles. The average Bonchev–Trinajstić information content (AvgIpc) is 3.49. The van der Waals surface area contributed by atoms with Crippen LogP contribution < -0.4 is 9.47 Å². The van der Waals surface area contributed by atoms with Gasteiger partial charge in [0.05, 0.1) is 38.1 Å². The van der Waals surface area contributed by atoms with Crippen LogP contribution in [-0.4, -0.2) is 35.4 Å². The number of hydrogen-bond donors (Lipinski definition) is 1. The highest BCUT2D eigenvalue weighted by atomic mass is 19.1. The summed E-state index contributed by atoms with van der Waals surface area (Å²) in [5.74, 6) is -1.68. The van der Waals surface area contributed by atoms with E-state index in [2.05, 4.69) is 6.92 Å². The van der Waals surface area contributed by atoms with E-state index < -0.39 is 29.3 Å². The number of furan rings is 1. The van der Waals surface area contributed by atoms with Gasteiger partial charge < -0.3 is 23.9 Å². The third-order valence-corrected chi connectivity index (χ3v) is 6.08. The van der Waals surface area contributed by atoms with Crippen LogP contribution in [-0.2, 0) is 16.1 Å². The molecule has 188 valence electrons. The lowest BCUT2D eigenvalue weighted by molar-refractivity contribution is -0.140. The van der Waals surface area contributed by atoms with E-state index in [1.54, 1.807) is 36.4 Å². The molecule has 8 heteroatoms. The Bertz CT molecular complexity index is 1250. The van der Waals surface area contributed by atoms with Gasteiger partial charge in [0.2, 0.25) is 0 Å². The maximum Gasteiger partial charge on any atom is 0.296 e. The van der Waals surface area contributed by atoms with Crippen LogP contribution >= 0.6 is 0 Å². The summed E-state index contributed by atoms with van der Waals surface area (Å²) in [5, 5.41) is 11.1. The molecule has 1 amide bonds. The van der Waals surface area contributed by atoms with Crippen LogP contribution in [0.25, 0.3) is 5.76 Å². The molecule has 4 rings (SSSR count). The van der Waals surface area contributed by atoms with Gasteiger partial charge >= 0.3 is 0 Å². The molecule has 1 aromatic heterocycles. The quantitative estimate of drug-likeness (QED) is 0.171. The maximum absolute atomic E-state index is 14.4. The van der Waals surface area contributed by atoms with E-state index >= 15 is 0 Å². The summed E-state index contributed by atoms with van der Waals surface area (Å²) in [6.07, 6.45) is 4.59. The predicted octanol–water partition coefficient (Wildman–Crippen LogP) is 5.62. The predicted molar refractivity (Wildman–Crippen MR) is 131 cm³/mol. The van der Waals surface area contributed by atoms with Crippen molar-refractivity contribution in [1.29, 1.82) is 0 Å². The van der Waals surface area contributed by atoms with E-state index in [4.69, 9.17) is 13.9 Å². The zero-order valence-corrected chi connectivity index (χ0v) is 20.2. The Balaban J connectivity index is 1.73. The molecule has 0 spiro atoms.